The number of rotatable bonds is 5. The minimum Gasteiger partial charge on any atom is -0.465 e. The van der Waals surface area contributed by atoms with E-state index in [1.807, 2.05) is 37.9 Å². The molecule has 2 rings (SSSR count). The van der Waals surface area contributed by atoms with Gasteiger partial charge in [-0.25, -0.2) is 4.79 Å². The first kappa shape index (κ1) is 20.2. The summed E-state index contributed by atoms with van der Waals surface area (Å²) >= 11 is 0. The largest absolute Gasteiger partial charge is 0.465 e. The number of allylic oxidation sites excluding steroid dienone is 3. The van der Waals surface area contributed by atoms with E-state index >= 15 is 0 Å². The van der Waals surface area contributed by atoms with E-state index in [2.05, 4.69) is 5.32 Å². The molecule has 1 aromatic carbocycles. The normalized spacial score (nSPS) is 16.7. The lowest BCUT2D eigenvalue weighted by Crippen LogP contribution is -2.27. The lowest BCUT2D eigenvalue weighted by atomic mass is 9.83. The van der Waals surface area contributed by atoms with E-state index in [0.29, 0.717) is 5.56 Å². The quantitative estimate of drug-likeness (QED) is 0.465. The van der Waals surface area contributed by atoms with Gasteiger partial charge < -0.3 is 20.1 Å². The molecule has 0 spiro atoms. The van der Waals surface area contributed by atoms with Crippen LogP contribution in [0.2, 0.25) is 0 Å². The number of fused-ring (bicyclic) bond motifs is 1. The summed E-state index contributed by atoms with van der Waals surface area (Å²) < 4.78 is 4.80. The highest BCUT2D eigenvalue weighted by Gasteiger charge is 2.38. The third kappa shape index (κ3) is 3.86. The van der Waals surface area contributed by atoms with Gasteiger partial charge in [0.1, 0.15) is 11.6 Å². The first-order valence-corrected chi connectivity index (χ1v) is 8.46. The summed E-state index contributed by atoms with van der Waals surface area (Å²) in [6, 6.07) is 7.24. The summed E-state index contributed by atoms with van der Waals surface area (Å²) in [6.45, 7) is 3.91. The van der Waals surface area contributed by atoms with Crippen molar-refractivity contribution in [2.45, 2.75) is 19.3 Å². The highest BCUT2D eigenvalue weighted by atomic mass is 16.5. The number of nitriles is 1. The van der Waals surface area contributed by atoms with Gasteiger partial charge in [-0.2, -0.15) is 5.26 Å². The van der Waals surface area contributed by atoms with E-state index in [-0.39, 0.29) is 18.7 Å². The fourth-order valence-electron chi connectivity index (χ4n) is 3.17. The molecule has 27 heavy (non-hydrogen) atoms. The lowest BCUT2D eigenvalue weighted by Gasteiger charge is -2.23. The molecule has 0 saturated heterocycles. The number of benzene rings is 1. The van der Waals surface area contributed by atoms with Crippen molar-refractivity contribution in [3.8, 4) is 6.07 Å². The minimum absolute atomic E-state index is 0.0497. The molecule has 1 aliphatic heterocycles. The van der Waals surface area contributed by atoms with Crippen LogP contribution in [0.15, 0.2) is 41.6 Å². The number of amides is 1. The van der Waals surface area contributed by atoms with Crippen molar-refractivity contribution in [2.24, 2.45) is 0 Å². The Morgan fingerprint density at radius 2 is 2.11 bits per heavy atom. The summed E-state index contributed by atoms with van der Waals surface area (Å²) in [4.78, 5) is 25.8. The van der Waals surface area contributed by atoms with Crippen LogP contribution in [-0.4, -0.2) is 44.3 Å². The van der Waals surface area contributed by atoms with E-state index in [9.17, 15) is 14.9 Å². The van der Waals surface area contributed by atoms with E-state index in [1.54, 1.807) is 18.2 Å². The van der Waals surface area contributed by atoms with Gasteiger partial charge in [-0.1, -0.05) is 13.8 Å². The molecule has 0 saturated carbocycles. The number of carbonyl (C=O) groups excluding carboxylic acids is 2. The maximum absolute atomic E-state index is 11.9. The van der Waals surface area contributed by atoms with E-state index < -0.39 is 17.3 Å². The maximum Gasteiger partial charge on any atom is 0.337 e. The average Bonchev–Trinajstić information content (AvgIpc) is 2.85. The molecule has 0 aromatic heterocycles. The Morgan fingerprint density at radius 1 is 1.41 bits per heavy atom. The molecule has 0 atom stereocenters. The molecule has 1 amide bonds. The highest BCUT2D eigenvalue weighted by molar-refractivity contribution is 5.97. The zero-order valence-corrected chi connectivity index (χ0v) is 15.9. The third-order valence-electron chi connectivity index (χ3n) is 4.62. The van der Waals surface area contributed by atoms with Crippen molar-refractivity contribution in [3.05, 3.63) is 52.7 Å². The zero-order chi connectivity index (χ0) is 20.2. The number of esters is 1. The van der Waals surface area contributed by atoms with Crippen LogP contribution in [0.4, 0.5) is 5.69 Å². The second-order valence-electron chi connectivity index (χ2n) is 6.63. The van der Waals surface area contributed by atoms with Crippen molar-refractivity contribution in [1.29, 1.82) is 5.26 Å². The van der Waals surface area contributed by atoms with Gasteiger partial charge in [0.05, 0.1) is 19.3 Å². The fourth-order valence-corrected chi connectivity index (χ4v) is 3.17. The van der Waals surface area contributed by atoms with Crippen LogP contribution in [0.3, 0.4) is 0 Å². The number of likely N-dealkylation sites (N-methyl/N-ethyl adjacent to an activating group) is 1. The van der Waals surface area contributed by atoms with E-state index in [0.717, 1.165) is 16.9 Å². The minimum atomic E-state index is -0.535. The molecule has 1 heterocycles. The SMILES string of the molecule is COC(=O)c1ccc2c(c1)C(C)(C)/C(=C\C=C(\C#N)C(=O)NCCO)N2C. The molecule has 0 fully saturated rings. The zero-order valence-electron chi connectivity index (χ0n) is 15.9. The molecule has 0 unspecified atom stereocenters. The van der Waals surface area contributed by atoms with Crippen molar-refractivity contribution < 1.29 is 19.4 Å². The van der Waals surface area contributed by atoms with Gasteiger partial charge in [-0.15, -0.1) is 0 Å². The molecule has 7 nitrogen and oxygen atoms in total. The second-order valence-corrected chi connectivity index (χ2v) is 6.63. The molecule has 0 radical (unpaired) electrons. The van der Waals surface area contributed by atoms with Gasteiger partial charge in [0.25, 0.3) is 5.91 Å². The van der Waals surface area contributed by atoms with Crippen LogP contribution in [0.1, 0.15) is 29.8 Å². The summed E-state index contributed by atoms with van der Waals surface area (Å²) in [5.41, 5.74) is 2.75. The second kappa shape index (κ2) is 8.06. The number of ether oxygens (including phenoxy) is 1. The van der Waals surface area contributed by atoms with Crippen LogP contribution >= 0.6 is 0 Å². The molecule has 7 heteroatoms. The monoisotopic (exact) mass is 369 g/mol. The van der Waals surface area contributed by atoms with Crippen LogP contribution in [0.5, 0.6) is 0 Å². The Bertz CT molecular complexity index is 862. The Balaban J connectivity index is 2.42. The Labute approximate surface area is 158 Å². The molecule has 142 valence electrons. The van der Waals surface area contributed by atoms with Crippen molar-refractivity contribution in [3.63, 3.8) is 0 Å². The van der Waals surface area contributed by atoms with Crippen LogP contribution in [0, 0.1) is 11.3 Å². The first-order chi connectivity index (χ1) is 12.8. The first-order valence-electron chi connectivity index (χ1n) is 8.46. The van der Waals surface area contributed by atoms with Gasteiger partial charge in [0, 0.05) is 30.4 Å². The maximum atomic E-state index is 11.9. The van der Waals surface area contributed by atoms with Crippen molar-refractivity contribution in [2.75, 3.05) is 32.2 Å². The molecule has 2 N–H and O–H groups in total. The van der Waals surface area contributed by atoms with Gasteiger partial charge in [0.15, 0.2) is 0 Å². The summed E-state index contributed by atoms with van der Waals surface area (Å²) in [5, 5.41) is 20.5. The number of carbonyl (C=O) groups is 2. The van der Waals surface area contributed by atoms with Gasteiger partial charge in [-0.3, -0.25) is 4.79 Å². The fraction of sp³-hybridized carbons (Fsp3) is 0.350. The highest BCUT2D eigenvalue weighted by Crippen LogP contribution is 2.47. The predicted octanol–water partition coefficient (Wildman–Crippen LogP) is 1.64. The topological polar surface area (TPSA) is 103 Å². The number of aliphatic hydroxyl groups is 1. The Morgan fingerprint density at radius 3 is 2.70 bits per heavy atom. The molecule has 0 aliphatic carbocycles. The molecule has 1 aromatic rings. The van der Waals surface area contributed by atoms with Crippen LogP contribution < -0.4 is 10.2 Å². The average molecular weight is 369 g/mol. The van der Waals surface area contributed by atoms with E-state index in [1.165, 1.54) is 13.2 Å². The molecular formula is C20H23N3O4. The van der Waals surface area contributed by atoms with Crippen LogP contribution in [0.25, 0.3) is 0 Å². The van der Waals surface area contributed by atoms with Gasteiger partial charge in [-0.05, 0) is 35.9 Å². The number of anilines is 1. The van der Waals surface area contributed by atoms with Crippen molar-refractivity contribution in [1.82, 2.24) is 5.32 Å². The standard InChI is InChI=1S/C20H23N3O4/c1-20(2)15-11-13(19(26)27-4)5-7-16(15)23(3)17(20)8-6-14(12-21)18(25)22-9-10-24/h5-8,11,24H,9-10H2,1-4H3,(H,22,25)/b14-6-,17-8+. The summed E-state index contributed by atoms with van der Waals surface area (Å²) in [6.07, 6.45) is 3.20. The van der Waals surface area contributed by atoms with Crippen molar-refractivity contribution >= 4 is 17.6 Å². The summed E-state index contributed by atoms with van der Waals surface area (Å²) in [5.74, 6) is -0.937. The van der Waals surface area contributed by atoms with Gasteiger partial charge >= 0.3 is 5.97 Å². The lowest BCUT2D eigenvalue weighted by molar-refractivity contribution is -0.117. The molecule has 0 bridgehead atoms. The molecule has 1 aliphatic rings. The smallest absolute Gasteiger partial charge is 0.337 e. The Kier molecular flexibility index (Phi) is 6.03. The number of aliphatic hydroxyl groups excluding tert-OH is 1. The number of hydrogen-bond acceptors (Lipinski definition) is 6. The summed E-state index contributed by atoms with van der Waals surface area (Å²) in [7, 11) is 3.23. The number of nitrogens with zero attached hydrogens (tertiary/aromatic N) is 2. The Hall–Kier alpha value is -3.11. The van der Waals surface area contributed by atoms with Crippen LogP contribution in [-0.2, 0) is 14.9 Å². The predicted molar refractivity (Wildman–Crippen MR) is 101 cm³/mol. The van der Waals surface area contributed by atoms with Gasteiger partial charge in [0.2, 0.25) is 0 Å². The molecular weight excluding hydrogens is 346 g/mol. The number of methoxy groups -OCH3 is 1. The third-order valence-corrected chi connectivity index (χ3v) is 4.62. The number of nitrogens with one attached hydrogen (secondary N) is 1. The van der Waals surface area contributed by atoms with E-state index in [4.69, 9.17) is 9.84 Å². The number of hydrogen-bond donors (Lipinski definition) is 2.